The average Bonchev–Trinajstić information content (AvgIpc) is 3.32. The number of Topliss-reactive ketones (excluding diaryl/α,β-unsaturated/α-hetero) is 1. The highest BCUT2D eigenvalue weighted by molar-refractivity contribution is 6.16. The molecule has 2 aliphatic rings. The number of phenols is 1. The molecular weight excluding hydrogens is 394 g/mol. The Morgan fingerprint density at radius 1 is 1.10 bits per heavy atom. The minimum atomic E-state index is -0.902. The Balaban J connectivity index is 1.42. The molecule has 1 aliphatic carbocycles. The van der Waals surface area contributed by atoms with Crippen LogP contribution >= 0.6 is 0 Å². The van der Waals surface area contributed by atoms with Crippen LogP contribution in [0.3, 0.4) is 0 Å². The van der Waals surface area contributed by atoms with E-state index in [0.717, 1.165) is 27.6 Å². The SMILES string of the molecule is O=C1C(=Cc2c[nH]c3ccccc23)Cc2c1ccc(O)c2CN1CCN(C(=O)O)CC1. The maximum absolute atomic E-state index is 13.1. The highest BCUT2D eigenvalue weighted by Gasteiger charge is 2.30. The Kier molecular flexibility index (Phi) is 4.75. The number of piperazine rings is 1. The fourth-order valence-electron chi connectivity index (χ4n) is 4.55. The molecule has 0 radical (unpaired) electrons. The topological polar surface area (TPSA) is 96.9 Å². The Morgan fingerprint density at radius 3 is 2.65 bits per heavy atom. The molecule has 7 nitrogen and oxygen atoms in total. The summed E-state index contributed by atoms with van der Waals surface area (Å²) >= 11 is 0. The number of nitrogens with one attached hydrogen (secondary N) is 1. The number of allylic oxidation sites excluding steroid dienone is 1. The van der Waals surface area contributed by atoms with Crippen molar-refractivity contribution in [3.63, 3.8) is 0 Å². The number of amides is 1. The van der Waals surface area contributed by atoms with Gasteiger partial charge in [0.05, 0.1) is 0 Å². The number of hydrogen-bond donors (Lipinski definition) is 3. The molecule has 3 aromatic rings. The highest BCUT2D eigenvalue weighted by Crippen LogP contribution is 2.36. The van der Waals surface area contributed by atoms with Crippen LogP contribution in [0.2, 0.25) is 0 Å². The van der Waals surface area contributed by atoms with E-state index in [9.17, 15) is 14.7 Å². The predicted molar refractivity (Wildman–Crippen MR) is 117 cm³/mol. The molecule has 0 bridgehead atoms. The van der Waals surface area contributed by atoms with Crippen molar-refractivity contribution in [2.24, 2.45) is 0 Å². The molecule has 158 valence electrons. The first-order valence-electron chi connectivity index (χ1n) is 10.4. The highest BCUT2D eigenvalue weighted by atomic mass is 16.4. The lowest BCUT2D eigenvalue weighted by atomic mass is 10.0. The molecule has 0 spiro atoms. The van der Waals surface area contributed by atoms with Gasteiger partial charge in [-0.2, -0.15) is 0 Å². The van der Waals surface area contributed by atoms with Crippen LogP contribution in [0.25, 0.3) is 17.0 Å². The Labute approximate surface area is 179 Å². The maximum Gasteiger partial charge on any atom is 0.407 e. The molecule has 1 amide bonds. The molecule has 1 aromatic heterocycles. The molecule has 5 rings (SSSR count). The van der Waals surface area contributed by atoms with Gasteiger partial charge >= 0.3 is 6.09 Å². The minimum absolute atomic E-state index is 0.00257. The molecule has 2 heterocycles. The van der Waals surface area contributed by atoms with Crippen molar-refractivity contribution in [3.8, 4) is 5.75 Å². The molecule has 31 heavy (non-hydrogen) atoms. The molecule has 7 heteroatoms. The molecule has 0 atom stereocenters. The largest absolute Gasteiger partial charge is 0.508 e. The van der Waals surface area contributed by atoms with Gasteiger partial charge in [-0.1, -0.05) is 18.2 Å². The van der Waals surface area contributed by atoms with Gasteiger partial charge in [-0.05, 0) is 29.8 Å². The van der Waals surface area contributed by atoms with Crippen LogP contribution in [-0.2, 0) is 13.0 Å². The molecule has 1 fully saturated rings. The monoisotopic (exact) mass is 417 g/mol. The number of phenolic OH excluding ortho intramolecular Hbond substituents is 1. The zero-order valence-electron chi connectivity index (χ0n) is 17.0. The van der Waals surface area contributed by atoms with Crippen molar-refractivity contribution in [1.82, 2.24) is 14.8 Å². The van der Waals surface area contributed by atoms with Gasteiger partial charge in [0.1, 0.15) is 5.75 Å². The van der Waals surface area contributed by atoms with Gasteiger partial charge in [0.15, 0.2) is 5.78 Å². The number of carbonyl (C=O) groups is 2. The van der Waals surface area contributed by atoms with E-state index >= 15 is 0 Å². The number of hydrogen-bond acceptors (Lipinski definition) is 4. The third-order valence-corrected chi connectivity index (χ3v) is 6.29. The summed E-state index contributed by atoms with van der Waals surface area (Å²) in [5.41, 5.74) is 4.98. The third kappa shape index (κ3) is 3.47. The van der Waals surface area contributed by atoms with Gasteiger partial charge in [-0.25, -0.2) is 4.79 Å². The van der Waals surface area contributed by atoms with Gasteiger partial charge in [-0.3, -0.25) is 9.69 Å². The van der Waals surface area contributed by atoms with Gasteiger partial charge in [-0.15, -0.1) is 0 Å². The second-order valence-electron chi connectivity index (χ2n) is 8.10. The Bertz CT molecular complexity index is 1220. The van der Waals surface area contributed by atoms with Crippen molar-refractivity contribution >= 4 is 28.9 Å². The van der Waals surface area contributed by atoms with Gasteiger partial charge in [0, 0.05) is 78.5 Å². The lowest BCUT2D eigenvalue weighted by Crippen LogP contribution is -2.47. The van der Waals surface area contributed by atoms with Crippen molar-refractivity contribution < 1.29 is 19.8 Å². The van der Waals surface area contributed by atoms with E-state index in [4.69, 9.17) is 5.11 Å². The summed E-state index contributed by atoms with van der Waals surface area (Å²) in [5, 5.41) is 20.8. The number of aromatic hydroxyl groups is 1. The Morgan fingerprint density at radius 2 is 1.87 bits per heavy atom. The van der Waals surface area contributed by atoms with E-state index in [2.05, 4.69) is 9.88 Å². The second-order valence-corrected chi connectivity index (χ2v) is 8.10. The van der Waals surface area contributed by atoms with Crippen LogP contribution in [0.15, 0.2) is 48.2 Å². The summed E-state index contributed by atoms with van der Waals surface area (Å²) in [6, 6.07) is 11.3. The first-order chi connectivity index (χ1) is 15.0. The number of benzene rings is 2. The summed E-state index contributed by atoms with van der Waals surface area (Å²) in [4.78, 5) is 31.0. The van der Waals surface area contributed by atoms with Crippen molar-refractivity contribution in [2.75, 3.05) is 26.2 Å². The zero-order chi connectivity index (χ0) is 21.5. The Hall–Kier alpha value is -3.58. The number of para-hydroxylation sites is 1. The third-order valence-electron chi connectivity index (χ3n) is 6.29. The number of rotatable bonds is 3. The van der Waals surface area contributed by atoms with Crippen LogP contribution in [0.1, 0.15) is 27.0 Å². The molecular formula is C24H23N3O4. The molecule has 0 unspecified atom stereocenters. The zero-order valence-corrected chi connectivity index (χ0v) is 17.0. The van der Waals surface area contributed by atoms with Gasteiger partial charge < -0.3 is 20.1 Å². The molecule has 0 saturated carbocycles. The number of carbonyl (C=O) groups excluding carboxylic acids is 1. The smallest absolute Gasteiger partial charge is 0.407 e. The fourth-order valence-corrected chi connectivity index (χ4v) is 4.55. The minimum Gasteiger partial charge on any atom is -0.508 e. The van der Waals surface area contributed by atoms with E-state index in [-0.39, 0.29) is 11.5 Å². The lowest BCUT2D eigenvalue weighted by molar-refractivity contribution is 0.102. The van der Waals surface area contributed by atoms with E-state index < -0.39 is 6.09 Å². The van der Waals surface area contributed by atoms with E-state index in [0.29, 0.717) is 50.3 Å². The quantitative estimate of drug-likeness (QED) is 0.567. The number of fused-ring (bicyclic) bond motifs is 2. The van der Waals surface area contributed by atoms with Crippen LogP contribution in [-0.4, -0.2) is 63.1 Å². The summed E-state index contributed by atoms with van der Waals surface area (Å²) in [6.45, 7) is 2.57. The lowest BCUT2D eigenvalue weighted by Gasteiger charge is -2.33. The van der Waals surface area contributed by atoms with Crippen molar-refractivity contribution in [3.05, 3.63) is 70.4 Å². The maximum atomic E-state index is 13.1. The summed E-state index contributed by atoms with van der Waals surface area (Å²) in [6.07, 6.45) is 3.43. The normalized spacial score (nSPS) is 18.1. The van der Waals surface area contributed by atoms with Gasteiger partial charge in [0.25, 0.3) is 0 Å². The molecule has 2 aromatic carbocycles. The van der Waals surface area contributed by atoms with E-state index in [1.807, 2.05) is 36.5 Å². The van der Waals surface area contributed by atoms with Crippen molar-refractivity contribution in [1.29, 1.82) is 0 Å². The molecule has 1 saturated heterocycles. The van der Waals surface area contributed by atoms with Crippen molar-refractivity contribution in [2.45, 2.75) is 13.0 Å². The average molecular weight is 417 g/mol. The first kappa shape index (κ1) is 19.4. The number of nitrogens with zero attached hydrogens (tertiary/aromatic N) is 2. The first-order valence-corrected chi connectivity index (χ1v) is 10.4. The fraction of sp³-hybridized carbons (Fsp3) is 0.250. The van der Waals surface area contributed by atoms with Crippen LogP contribution < -0.4 is 0 Å². The molecule has 3 N–H and O–H groups in total. The van der Waals surface area contributed by atoms with Crippen LogP contribution in [0.5, 0.6) is 5.75 Å². The number of H-pyrrole nitrogens is 1. The number of aromatic nitrogens is 1. The number of carboxylic acid groups (broad SMARTS) is 1. The number of aromatic amines is 1. The van der Waals surface area contributed by atoms with Gasteiger partial charge in [0.2, 0.25) is 0 Å². The second kappa shape index (κ2) is 7.59. The van der Waals surface area contributed by atoms with E-state index in [1.165, 1.54) is 4.90 Å². The van der Waals surface area contributed by atoms with E-state index in [1.54, 1.807) is 12.1 Å². The van der Waals surface area contributed by atoms with Crippen LogP contribution in [0, 0.1) is 0 Å². The summed E-state index contributed by atoms with van der Waals surface area (Å²) < 4.78 is 0. The standard InChI is InChI=1S/C24H23N3O4/c28-22-6-5-18-19(20(22)14-26-7-9-27(10-8-26)24(30)31)12-15(23(18)29)11-16-13-25-21-4-2-1-3-17(16)21/h1-6,11,13,25,28H,7-10,12,14H2,(H,30,31). The number of ketones is 1. The predicted octanol–water partition coefficient (Wildman–Crippen LogP) is 3.49. The molecule has 1 aliphatic heterocycles. The summed E-state index contributed by atoms with van der Waals surface area (Å²) in [7, 11) is 0. The summed E-state index contributed by atoms with van der Waals surface area (Å²) in [5.74, 6) is 0.179. The van der Waals surface area contributed by atoms with Crippen LogP contribution in [0.4, 0.5) is 4.79 Å².